The fourth-order valence-electron chi connectivity index (χ4n) is 2.82. The molecule has 5 nitrogen and oxygen atoms in total. The summed E-state index contributed by atoms with van der Waals surface area (Å²) in [6, 6.07) is 10.5. The molecule has 0 unspecified atom stereocenters. The minimum Gasteiger partial charge on any atom is -0.360 e. The lowest BCUT2D eigenvalue weighted by Gasteiger charge is -2.23. The van der Waals surface area contributed by atoms with Gasteiger partial charge in [0, 0.05) is 12.1 Å². The van der Waals surface area contributed by atoms with Crippen molar-refractivity contribution in [1.29, 1.82) is 0 Å². The Morgan fingerprint density at radius 3 is 2.32 bits per heavy atom. The van der Waals surface area contributed by atoms with E-state index in [-0.39, 0.29) is 18.5 Å². The molecule has 2 atom stereocenters. The van der Waals surface area contributed by atoms with Crippen molar-refractivity contribution in [3.63, 3.8) is 0 Å². The van der Waals surface area contributed by atoms with Crippen molar-refractivity contribution in [2.75, 3.05) is 11.9 Å². The summed E-state index contributed by atoms with van der Waals surface area (Å²) in [6.07, 6.45) is 1.13. The van der Waals surface area contributed by atoms with Gasteiger partial charge in [-0.1, -0.05) is 57.1 Å². The van der Waals surface area contributed by atoms with Crippen LogP contribution >= 0.6 is 0 Å². The van der Waals surface area contributed by atoms with E-state index in [4.69, 9.17) is 4.52 Å². The lowest BCUT2D eigenvalue weighted by Crippen LogP contribution is -2.33. The molecule has 0 spiro atoms. The standard InChI is InChI=1S/C20H29N3O2/c1-6-14(4)16-7-9-17(10-8-16)20(13(2)3)21-12-19(24)22-18-11-15(5)25-23-18/h7-11,13-14,20-21H,6,12H2,1-5H3,(H,22,23,24)/t14-,20+/m1/s1. The smallest absolute Gasteiger partial charge is 0.239 e. The third kappa shape index (κ3) is 5.43. The van der Waals surface area contributed by atoms with Crippen molar-refractivity contribution in [3.8, 4) is 0 Å². The van der Waals surface area contributed by atoms with Gasteiger partial charge in [0.1, 0.15) is 5.76 Å². The molecule has 1 aromatic carbocycles. The zero-order valence-corrected chi connectivity index (χ0v) is 15.8. The van der Waals surface area contributed by atoms with Crippen LogP contribution in [0, 0.1) is 12.8 Å². The minimum atomic E-state index is -0.129. The van der Waals surface area contributed by atoms with Gasteiger partial charge in [0.05, 0.1) is 6.54 Å². The quantitative estimate of drug-likeness (QED) is 0.744. The SMILES string of the molecule is CC[C@@H](C)c1ccc([C@@H](NCC(=O)Nc2cc(C)on2)C(C)C)cc1. The predicted molar refractivity (Wildman–Crippen MR) is 101 cm³/mol. The number of aromatic nitrogens is 1. The molecule has 1 heterocycles. The molecule has 0 aliphatic heterocycles. The molecular weight excluding hydrogens is 314 g/mol. The maximum absolute atomic E-state index is 12.1. The van der Waals surface area contributed by atoms with Crippen LogP contribution in [0.25, 0.3) is 0 Å². The Morgan fingerprint density at radius 1 is 1.16 bits per heavy atom. The third-order valence-corrected chi connectivity index (χ3v) is 4.52. The third-order valence-electron chi connectivity index (χ3n) is 4.52. The highest BCUT2D eigenvalue weighted by Crippen LogP contribution is 2.25. The average molecular weight is 343 g/mol. The molecular formula is C20H29N3O2. The fraction of sp³-hybridized carbons (Fsp3) is 0.500. The van der Waals surface area contributed by atoms with E-state index < -0.39 is 0 Å². The van der Waals surface area contributed by atoms with Crippen molar-refractivity contribution in [1.82, 2.24) is 10.5 Å². The van der Waals surface area contributed by atoms with Gasteiger partial charge in [-0.05, 0) is 36.3 Å². The van der Waals surface area contributed by atoms with Crippen molar-refractivity contribution in [2.24, 2.45) is 5.92 Å². The van der Waals surface area contributed by atoms with Gasteiger partial charge in [0.2, 0.25) is 5.91 Å². The molecule has 2 rings (SSSR count). The van der Waals surface area contributed by atoms with E-state index in [1.54, 1.807) is 13.0 Å². The lowest BCUT2D eigenvalue weighted by molar-refractivity contribution is -0.115. The summed E-state index contributed by atoms with van der Waals surface area (Å²) >= 11 is 0. The summed E-state index contributed by atoms with van der Waals surface area (Å²) in [5.74, 6) is 1.93. The summed E-state index contributed by atoms with van der Waals surface area (Å²) in [5.41, 5.74) is 2.56. The van der Waals surface area contributed by atoms with Gasteiger partial charge < -0.3 is 15.2 Å². The van der Waals surface area contributed by atoms with E-state index in [9.17, 15) is 4.79 Å². The molecule has 25 heavy (non-hydrogen) atoms. The summed E-state index contributed by atoms with van der Waals surface area (Å²) in [7, 11) is 0. The maximum atomic E-state index is 12.1. The fourth-order valence-corrected chi connectivity index (χ4v) is 2.82. The second-order valence-electron chi connectivity index (χ2n) is 6.95. The lowest BCUT2D eigenvalue weighted by atomic mass is 9.92. The zero-order valence-electron chi connectivity index (χ0n) is 15.8. The number of hydrogen-bond donors (Lipinski definition) is 2. The van der Waals surface area contributed by atoms with Crippen molar-refractivity contribution in [3.05, 3.63) is 47.2 Å². The average Bonchev–Trinajstić information content (AvgIpc) is 2.99. The van der Waals surface area contributed by atoms with Gasteiger partial charge in [0.15, 0.2) is 5.82 Å². The molecule has 2 N–H and O–H groups in total. The molecule has 0 saturated carbocycles. The van der Waals surface area contributed by atoms with E-state index in [2.05, 4.69) is 67.8 Å². The Bertz CT molecular complexity index is 677. The van der Waals surface area contributed by atoms with Gasteiger partial charge >= 0.3 is 0 Å². The summed E-state index contributed by atoms with van der Waals surface area (Å²) in [6.45, 7) is 10.8. The second kappa shape index (κ2) is 8.81. The Balaban J connectivity index is 1.97. The number of nitrogens with one attached hydrogen (secondary N) is 2. The van der Waals surface area contributed by atoms with Crippen LogP contribution in [0.15, 0.2) is 34.9 Å². The van der Waals surface area contributed by atoms with Gasteiger partial charge in [-0.15, -0.1) is 0 Å². The van der Waals surface area contributed by atoms with E-state index in [1.807, 2.05) is 0 Å². The Hall–Kier alpha value is -2.14. The highest BCUT2D eigenvalue weighted by Gasteiger charge is 2.17. The van der Waals surface area contributed by atoms with Crippen LogP contribution in [0.1, 0.15) is 63.0 Å². The molecule has 0 bridgehead atoms. The minimum absolute atomic E-state index is 0.121. The van der Waals surface area contributed by atoms with Crippen LogP contribution in [-0.2, 0) is 4.79 Å². The first-order valence-electron chi connectivity index (χ1n) is 8.97. The van der Waals surface area contributed by atoms with E-state index in [1.165, 1.54) is 11.1 Å². The highest BCUT2D eigenvalue weighted by molar-refractivity contribution is 5.91. The summed E-state index contributed by atoms with van der Waals surface area (Å²) in [4.78, 5) is 12.1. The topological polar surface area (TPSA) is 67.2 Å². The molecule has 0 fully saturated rings. The van der Waals surface area contributed by atoms with E-state index in [0.29, 0.717) is 23.4 Å². The molecule has 5 heteroatoms. The molecule has 1 aromatic heterocycles. The Labute approximate surface area is 150 Å². The zero-order chi connectivity index (χ0) is 18.4. The van der Waals surface area contributed by atoms with Crippen LogP contribution < -0.4 is 10.6 Å². The second-order valence-corrected chi connectivity index (χ2v) is 6.95. The van der Waals surface area contributed by atoms with Crippen molar-refractivity contribution >= 4 is 11.7 Å². The highest BCUT2D eigenvalue weighted by atomic mass is 16.5. The number of aryl methyl sites for hydroxylation is 1. The number of hydrogen-bond acceptors (Lipinski definition) is 4. The van der Waals surface area contributed by atoms with Crippen LogP contribution in [0.4, 0.5) is 5.82 Å². The molecule has 0 radical (unpaired) electrons. The molecule has 2 aromatic rings. The van der Waals surface area contributed by atoms with Gasteiger partial charge in [-0.25, -0.2) is 0 Å². The number of anilines is 1. The molecule has 0 aliphatic rings. The number of benzene rings is 1. The van der Waals surface area contributed by atoms with Crippen molar-refractivity contribution in [2.45, 2.75) is 53.0 Å². The van der Waals surface area contributed by atoms with E-state index in [0.717, 1.165) is 6.42 Å². The van der Waals surface area contributed by atoms with Crippen LogP contribution in [0.2, 0.25) is 0 Å². The van der Waals surface area contributed by atoms with Crippen LogP contribution in [-0.4, -0.2) is 17.6 Å². The molecule has 136 valence electrons. The number of carbonyl (C=O) groups is 1. The maximum Gasteiger partial charge on any atom is 0.239 e. The predicted octanol–water partition coefficient (Wildman–Crippen LogP) is 4.42. The summed E-state index contributed by atoms with van der Waals surface area (Å²) in [5, 5.41) is 9.86. The first kappa shape index (κ1) is 19.2. The number of amides is 1. The van der Waals surface area contributed by atoms with Gasteiger partial charge in [-0.2, -0.15) is 0 Å². The summed E-state index contributed by atoms with van der Waals surface area (Å²) < 4.78 is 4.95. The van der Waals surface area contributed by atoms with Crippen LogP contribution in [0.5, 0.6) is 0 Å². The first-order valence-corrected chi connectivity index (χ1v) is 8.97. The molecule has 1 amide bonds. The molecule has 0 saturated heterocycles. The number of carbonyl (C=O) groups excluding carboxylic acids is 1. The normalized spacial score (nSPS) is 13.7. The largest absolute Gasteiger partial charge is 0.360 e. The number of rotatable bonds is 8. The number of nitrogens with zero attached hydrogens (tertiary/aromatic N) is 1. The van der Waals surface area contributed by atoms with Crippen LogP contribution in [0.3, 0.4) is 0 Å². The Morgan fingerprint density at radius 2 is 1.80 bits per heavy atom. The van der Waals surface area contributed by atoms with Crippen molar-refractivity contribution < 1.29 is 9.32 Å². The van der Waals surface area contributed by atoms with E-state index >= 15 is 0 Å². The Kier molecular flexibility index (Phi) is 6.76. The van der Waals surface area contributed by atoms with Gasteiger partial charge in [0.25, 0.3) is 0 Å². The van der Waals surface area contributed by atoms with Gasteiger partial charge in [-0.3, -0.25) is 4.79 Å². The first-order chi connectivity index (χ1) is 11.9. The molecule has 0 aliphatic carbocycles. The monoisotopic (exact) mass is 343 g/mol.